The molecular formula is C18H11NO3. The van der Waals surface area contributed by atoms with Gasteiger partial charge in [-0.15, -0.1) is 0 Å². The second-order valence-corrected chi connectivity index (χ2v) is 5.07. The average Bonchev–Trinajstić information content (AvgIpc) is 2.55. The molecule has 0 saturated heterocycles. The molecule has 0 unspecified atom stereocenters. The minimum absolute atomic E-state index is 0.0383. The number of phenolic OH excluding ortho intramolecular Hbond substituents is 1. The van der Waals surface area contributed by atoms with Gasteiger partial charge in [0.25, 0.3) is 0 Å². The van der Waals surface area contributed by atoms with E-state index < -0.39 is 0 Å². The van der Waals surface area contributed by atoms with Crippen molar-refractivity contribution in [3.63, 3.8) is 0 Å². The summed E-state index contributed by atoms with van der Waals surface area (Å²) in [7, 11) is 0. The predicted octanol–water partition coefficient (Wildman–Crippen LogP) is 3.71. The van der Waals surface area contributed by atoms with Crippen LogP contribution < -0.4 is 5.43 Å². The summed E-state index contributed by atoms with van der Waals surface area (Å²) >= 11 is 0. The van der Waals surface area contributed by atoms with Gasteiger partial charge in [-0.1, -0.05) is 24.3 Å². The lowest BCUT2D eigenvalue weighted by Crippen LogP contribution is -2.00. The SMILES string of the molecule is O=c1cc(-c2cc3ccccc3cn2)oc2ccc(O)cc12. The normalized spacial score (nSPS) is 11.1. The summed E-state index contributed by atoms with van der Waals surface area (Å²) < 4.78 is 5.76. The number of aromatic hydroxyl groups is 1. The van der Waals surface area contributed by atoms with E-state index in [1.165, 1.54) is 18.2 Å². The van der Waals surface area contributed by atoms with Crippen LogP contribution >= 0.6 is 0 Å². The highest BCUT2D eigenvalue weighted by Crippen LogP contribution is 2.25. The largest absolute Gasteiger partial charge is 0.508 e. The highest BCUT2D eigenvalue weighted by Gasteiger charge is 2.09. The van der Waals surface area contributed by atoms with E-state index in [0.717, 1.165) is 10.8 Å². The highest BCUT2D eigenvalue weighted by molar-refractivity contribution is 5.85. The Bertz CT molecular complexity index is 1070. The Hall–Kier alpha value is -3.14. The summed E-state index contributed by atoms with van der Waals surface area (Å²) in [5.41, 5.74) is 0.822. The van der Waals surface area contributed by atoms with E-state index in [1.807, 2.05) is 30.3 Å². The maximum atomic E-state index is 12.2. The number of nitrogens with zero attached hydrogens (tertiary/aromatic N) is 1. The molecular weight excluding hydrogens is 278 g/mol. The standard InChI is InChI=1S/C18H11NO3/c20-13-5-6-17-14(8-13)16(21)9-18(22-17)15-7-11-3-1-2-4-12(11)10-19-15/h1-10,20H. The van der Waals surface area contributed by atoms with E-state index in [1.54, 1.807) is 12.3 Å². The van der Waals surface area contributed by atoms with Crippen molar-refractivity contribution in [2.45, 2.75) is 0 Å². The van der Waals surface area contributed by atoms with Crippen molar-refractivity contribution >= 4 is 21.7 Å². The lowest BCUT2D eigenvalue weighted by molar-refractivity contribution is 0.475. The van der Waals surface area contributed by atoms with E-state index >= 15 is 0 Å². The van der Waals surface area contributed by atoms with Crippen LogP contribution in [0.15, 0.2) is 70.0 Å². The van der Waals surface area contributed by atoms with Gasteiger partial charge in [0.15, 0.2) is 11.2 Å². The molecule has 2 aromatic carbocycles. The van der Waals surface area contributed by atoms with Crippen LogP contribution in [0.1, 0.15) is 0 Å². The molecule has 0 aliphatic carbocycles. The van der Waals surface area contributed by atoms with Gasteiger partial charge in [-0.25, -0.2) is 0 Å². The highest BCUT2D eigenvalue weighted by atomic mass is 16.3. The zero-order chi connectivity index (χ0) is 15.1. The van der Waals surface area contributed by atoms with E-state index in [-0.39, 0.29) is 11.2 Å². The van der Waals surface area contributed by atoms with Crippen molar-refractivity contribution in [3.8, 4) is 17.2 Å². The van der Waals surface area contributed by atoms with Crippen LogP contribution in [0.25, 0.3) is 33.2 Å². The predicted molar refractivity (Wildman–Crippen MR) is 84.9 cm³/mol. The summed E-state index contributed by atoms with van der Waals surface area (Å²) in [4.78, 5) is 16.6. The van der Waals surface area contributed by atoms with Crippen LogP contribution in [0.2, 0.25) is 0 Å². The van der Waals surface area contributed by atoms with Gasteiger partial charge < -0.3 is 9.52 Å². The molecule has 0 amide bonds. The molecule has 2 aromatic heterocycles. The molecule has 0 radical (unpaired) electrons. The van der Waals surface area contributed by atoms with Crippen LogP contribution in [0, 0.1) is 0 Å². The van der Waals surface area contributed by atoms with Gasteiger partial charge >= 0.3 is 0 Å². The molecule has 4 nitrogen and oxygen atoms in total. The fourth-order valence-corrected chi connectivity index (χ4v) is 2.49. The Morgan fingerprint density at radius 2 is 1.77 bits per heavy atom. The summed E-state index contributed by atoms with van der Waals surface area (Å²) in [5.74, 6) is 0.449. The van der Waals surface area contributed by atoms with E-state index in [4.69, 9.17) is 4.42 Å². The van der Waals surface area contributed by atoms with Crippen LogP contribution in [0.3, 0.4) is 0 Å². The number of pyridine rings is 1. The van der Waals surface area contributed by atoms with Gasteiger partial charge in [-0.05, 0) is 29.7 Å². The second-order valence-electron chi connectivity index (χ2n) is 5.07. The monoisotopic (exact) mass is 289 g/mol. The Morgan fingerprint density at radius 3 is 2.64 bits per heavy atom. The first-order valence-corrected chi connectivity index (χ1v) is 6.83. The molecule has 0 atom stereocenters. The van der Waals surface area contributed by atoms with Gasteiger partial charge in [0.2, 0.25) is 0 Å². The lowest BCUT2D eigenvalue weighted by Gasteiger charge is -2.04. The molecule has 0 fully saturated rings. The van der Waals surface area contributed by atoms with E-state index in [9.17, 15) is 9.90 Å². The Kier molecular flexibility index (Phi) is 2.69. The first-order chi connectivity index (χ1) is 10.7. The molecule has 0 aliphatic rings. The number of hydrogen-bond donors (Lipinski definition) is 1. The number of phenols is 1. The van der Waals surface area contributed by atoms with E-state index in [0.29, 0.717) is 22.4 Å². The van der Waals surface area contributed by atoms with Crippen LogP contribution in [-0.2, 0) is 0 Å². The van der Waals surface area contributed by atoms with Gasteiger partial charge in [-0.2, -0.15) is 0 Å². The maximum absolute atomic E-state index is 12.2. The molecule has 2 heterocycles. The fraction of sp³-hybridized carbons (Fsp3) is 0. The van der Waals surface area contributed by atoms with Crippen molar-refractivity contribution in [1.82, 2.24) is 4.98 Å². The third-order valence-electron chi connectivity index (χ3n) is 3.59. The molecule has 0 bridgehead atoms. The molecule has 22 heavy (non-hydrogen) atoms. The van der Waals surface area contributed by atoms with E-state index in [2.05, 4.69) is 4.98 Å². The van der Waals surface area contributed by atoms with Crippen molar-refractivity contribution in [2.75, 3.05) is 0 Å². The Balaban J connectivity index is 1.96. The van der Waals surface area contributed by atoms with Crippen molar-refractivity contribution < 1.29 is 9.52 Å². The number of fused-ring (bicyclic) bond motifs is 2. The zero-order valence-electron chi connectivity index (χ0n) is 11.5. The molecule has 106 valence electrons. The first kappa shape index (κ1) is 12.6. The van der Waals surface area contributed by atoms with Gasteiger partial charge in [-0.3, -0.25) is 9.78 Å². The van der Waals surface area contributed by atoms with Gasteiger partial charge in [0.05, 0.1) is 5.39 Å². The topological polar surface area (TPSA) is 63.3 Å². The summed E-state index contributed by atoms with van der Waals surface area (Å²) in [6, 6.07) is 15.6. The smallest absolute Gasteiger partial charge is 0.193 e. The number of rotatable bonds is 1. The third kappa shape index (κ3) is 2.02. The summed E-state index contributed by atoms with van der Waals surface area (Å²) in [5, 5.41) is 11.9. The number of benzene rings is 2. The van der Waals surface area contributed by atoms with Gasteiger partial charge in [0.1, 0.15) is 17.0 Å². The molecule has 4 heteroatoms. The number of aromatic nitrogens is 1. The quantitative estimate of drug-likeness (QED) is 0.580. The minimum Gasteiger partial charge on any atom is -0.508 e. The average molecular weight is 289 g/mol. The lowest BCUT2D eigenvalue weighted by atomic mass is 10.1. The molecule has 0 spiro atoms. The van der Waals surface area contributed by atoms with Crippen LogP contribution in [0.4, 0.5) is 0 Å². The maximum Gasteiger partial charge on any atom is 0.193 e. The summed E-state index contributed by atoms with van der Waals surface area (Å²) in [6.45, 7) is 0. The Labute approximate surface area is 125 Å². The van der Waals surface area contributed by atoms with Crippen molar-refractivity contribution in [3.05, 3.63) is 71.0 Å². The first-order valence-electron chi connectivity index (χ1n) is 6.83. The zero-order valence-corrected chi connectivity index (χ0v) is 11.5. The molecule has 4 rings (SSSR count). The molecule has 4 aromatic rings. The fourth-order valence-electron chi connectivity index (χ4n) is 2.49. The summed E-state index contributed by atoms with van der Waals surface area (Å²) in [6.07, 6.45) is 1.76. The molecule has 1 N–H and O–H groups in total. The minimum atomic E-state index is -0.206. The van der Waals surface area contributed by atoms with Crippen LogP contribution in [-0.4, -0.2) is 10.1 Å². The van der Waals surface area contributed by atoms with Crippen molar-refractivity contribution in [2.24, 2.45) is 0 Å². The Morgan fingerprint density at radius 1 is 0.955 bits per heavy atom. The van der Waals surface area contributed by atoms with Gasteiger partial charge in [0, 0.05) is 17.6 Å². The van der Waals surface area contributed by atoms with Crippen LogP contribution in [0.5, 0.6) is 5.75 Å². The number of hydrogen-bond acceptors (Lipinski definition) is 4. The molecule has 0 saturated carbocycles. The second kappa shape index (κ2) is 4.70. The third-order valence-corrected chi connectivity index (χ3v) is 3.59. The molecule has 0 aliphatic heterocycles. The van der Waals surface area contributed by atoms with Crippen molar-refractivity contribution in [1.29, 1.82) is 0 Å².